The molecule has 0 heterocycles. The fourth-order valence-electron chi connectivity index (χ4n) is 3.63. The van der Waals surface area contributed by atoms with E-state index in [1.165, 1.54) is 42.1 Å². The minimum absolute atomic E-state index is 0.643. The Hall–Kier alpha value is -1.50. The van der Waals surface area contributed by atoms with Gasteiger partial charge in [-0.3, -0.25) is 0 Å². The molecule has 106 valence electrons. The molecule has 1 nitrogen and oxygen atoms in total. The normalized spacial score (nSPS) is 23.1. The summed E-state index contributed by atoms with van der Waals surface area (Å²) >= 11 is 0. The van der Waals surface area contributed by atoms with Crippen molar-refractivity contribution in [3.05, 3.63) is 42.5 Å². The largest absolute Gasteiger partial charge is 0.382 e. The van der Waals surface area contributed by atoms with E-state index >= 15 is 0 Å². The van der Waals surface area contributed by atoms with Gasteiger partial charge in [0.15, 0.2) is 0 Å². The Morgan fingerprint density at radius 1 is 0.950 bits per heavy atom. The molecule has 0 aliphatic heterocycles. The van der Waals surface area contributed by atoms with Gasteiger partial charge in [0, 0.05) is 11.7 Å². The summed E-state index contributed by atoms with van der Waals surface area (Å²) in [7, 11) is 0. The highest BCUT2D eigenvalue weighted by Crippen LogP contribution is 2.32. The van der Waals surface area contributed by atoms with Crippen LogP contribution >= 0.6 is 0 Å². The summed E-state index contributed by atoms with van der Waals surface area (Å²) in [5.74, 6) is 1.59. The molecule has 0 saturated heterocycles. The molecule has 20 heavy (non-hydrogen) atoms. The molecule has 2 aromatic rings. The highest BCUT2D eigenvalue weighted by molar-refractivity contribution is 5.85. The lowest BCUT2D eigenvalue weighted by Gasteiger charge is -2.35. The molecule has 0 spiro atoms. The zero-order valence-electron chi connectivity index (χ0n) is 12.6. The van der Waals surface area contributed by atoms with E-state index in [4.69, 9.17) is 0 Å². The van der Waals surface area contributed by atoms with E-state index in [-0.39, 0.29) is 0 Å². The van der Waals surface area contributed by atoms with E-state index in [1.54, 1.807) is 0 Å². The molecular weight excluding hydrogens is 242 g/mol. The quantitative estimate of drug-likeness (QED) is 0.778. The number of hydrogen-bond donors (Lipinski definition) is 1. The molecule has 0 bridgehead atoms. The molecule has 0 radical (unpaired) electrons. The molecule has 1 aliphatic carbocycles. The molecule has 1 N–H and O–H groups in total. The van der Waals surface area contributed by atoms with Gasteiger partial charge in [-0.15, -0.1) is 0 Å². The first-order chi connectivity index (χ1) is 9.74. The van der Waals surface area contributed by atoms with Crippen molar-refractivity contribution < 1.29 is 0 Å². The van der Waals surface area contributed by atoms with Gasteiger partial charge in [0.25, 0.3) is 0 Å². The fraction of sp³-hybridized carbons (Fsp3) is 0.474. The highest BCUT2D eigenvalue weighted by Gasteiger charge is 2.27. The van der Waals surface area contributed by atoms with Crippen LogP contribution in [0, 0.1) is 11.8 Å². The lowest BCUT2D eigenvalue weighted by Crippen LogP contribution is -2.35. The van der Waals surface area contributed by atoms with E-state index in [1.807, 2.05) is 0 Å². The van der Waals surface area contributed by atoms with Crippen molar-refractivity contribution in [2.24, 2.45) is 11.8 Å². The molecule has 2 unspecified atom stereocenters. The Morgan fingerprint density at radius 3 is 2.50 bits per heavy atom. The first-order valence-electron chi connectivity index (χ1n) is 7.99. The Kier molecular flexibility index (Phi) is 3.95. The topological polar surface area (TPSA) is 12.0 Å². The molecule has 1 heteroatoms. The van der Waals surface area contributed by atoms with Gasteiger partial charge in [0.2, 0.25) is 0 Å². The van der Waals surface area contributed by atoms with Gasteiger partial charge in [-0.25, -0.2) is 0 Å². The minimum Gasteiger partial charge on any atom is -0.382 e. The Morgan fingerprint density at radius 2 is 1.70 bits per heavy atom. The van der Waals surface area contributed by atoms with Gasteiger partial charge in [-0.05, 0) is 47.6 Å². The van der Waals surface area contributed by atoms with Gasteiger partial charge in [0.1, 0.15) is 0 Å². The van der Waals surface area contributed by atoms with Crippen LogP contribution in [0.15, 0.2) is 42.5 Å². The molecular formula is C19H25N. The van der Waals surface area contributed by atoms with Crippen LogP contribution in [0.3, 0.4) is 0 Å². The number of nitrogens with one attached hydrogen (secondary N) is 1. The molecule has 2 aromatic carbocycles. The smallest absolute Gasteiger partial charge is 0.0348 e. The van der Waals surface area contributed by atoms with E-state index in [9.17, 15) is 0 Å². The maximum absolute atomic E-state index is 3.80. The minimum atomic E-state index is 0.643. The third-order valence-electron chi connectivity index (χ3n) is 4.78. The van der Waals surface area contributed by atoms with Gasteiger partial charge in [-0.1, -0.05) is 57.0 Å². The Bertz CT molecular complexity index is 573. The second-order valence-electron chi connectivity index (χ2n) is 6.51. The summed E-state index contributed by atoms with van der Waals surface area (Å²) in [6.07, 6.45) is 5.46. The van der Waals surface area contributed by atoms with Crippen LogP contribution in [0.5, 0.6) is 0 Å². The van der Waals surface area contributed by atoms with Crippen LogP contribution in [0.4, 0.5) is 5.69 Å². The molecule has 3 rings (SSSR count). The highest BCUT2D eigenvalue weighted by atomic mass is 14.9. The van der Waals surface area contributed by atoms with E-state index in [2.05, 4.69) is 61.6 Å². The summed E-state index contributed by atoms with van der Waals surface area (Å²) < 4.78 is 0. The van der Waals surface area contributed by atoms with E-state index < -0.39 is 0 Å². The van der Waals surface area contributed by atoms with E-state index in [0.717, 1.165) is 11.8 Å². The summed E-state index contributed by atoms with van der Waals surface area (Å²) in [4.78, 5) is 0. The van der Waals surface area contributed by atoms with Gasteiger partial charge in [0.05, 0.1) is 0 Å². The van der Waals surface area contributed by atoms with Crippen molar-refractivity contribution in [3.8, 4) is 0 Å². The first kappa shape index (κ1) is 13.5. The molecule has 1 aliphatic rings. The number of rotatable bonds is 3. The zero-order chi connectivity index (χ0) is 13.9. The van der Waals surface area contributed by atoms with Crippen molar-refractivity contribution in [3.63, 3.8) is 0 Å². The lowest BCUT2D eigenvalue weighted by atomic mass is 9.78. The predicted molar refractivity (Wildman–Crippen MR) is 88.2 cm³/mol. The monoisotopic (exact) mass is 267 g/mol. The van der Waals surface area contributed by atoms with Crippen molar-refractivity contribution >= 4 is 16.5 Å². The van der Waals surface area contributed by atoms with E-state index in [0.29, 0.717) is 6.04 Å². The number of hydrogen-bond acceptors (Lipinski definition) is 1. The van der Waals surface area contributed by atoms with Crippen molar-refractivity contribution in [2.75, 3.05) is 5.32 Å². The maximum atomic E-state index is 3.80. The SMILES string of the molecule is CC(C)C1CCCCC1Nc1ccc2ccccc2c1. The second-order valence-corrected chi connectivity index (χ2v) is 6.51. The summed E-state index contributed by atoms with van der Waals surface area (Å²) in [5, 5.41) is 6.45. The standard InChI is InChI=1S/C19H25N/c1-14(2)18-9-5-6-10-19(18)20-17-12-11-15-7-3-4-8-16(15)13-17/h3-4,7-8,11-14,18-20H,5-6,9-10H2,1-2H3. The van der Waals surface area contributed by atoms with Crippen molar-refractivity contribution in [1.82, 2.24) is 0 Å². The van der Waals surface area contributed by atoms with Crippen LogP contribution in [0.2, 0.25) is 0 Å². The third-order valence-corrected chi connectivity index (χ3v) is 4.78. The number of anilines is 1. The molecule has 1 fully saturated rings. The van der Waals surface area contributed by atoms with Gasteiger partial charge >= 0.3 is 0 Å². The van der Waals surface area contributed by atoms with Crippen LogP contribution in [-0.4, -0.2) is 6.04 Å². The number of fused-ring (bicyclic) bond motifs is 1. The first-order valence-corrected chi connectivity index (χ1v) is 7.99. The Balaban J connectivity index is 1.80. The molecule has 1 saturated carbocycles. The molecule has 0 amide bonds. The zero-order valence-corrected chi connectivity index (χ0v) is 12.6. The summed E-state index contributed by atoms with van der Waals surface area (Å²) in [6, 6.07) is 16.0. The average molecular weight is 267 g/mol. The molecule has 2 atom stereocenters. The summed E-state index contributed by atoms with van der Waals surface area (Å²) in [5.41, 5.74) is 1.28. The lowest BCUT2D eigenvalue weighted by molar-refractivity contribution is 0.254. The van der Waals surface area contributed by atoms with Crippen LogP contribution < -0.4 is 5.32 Å². The van der Waals surface area contributed by atoms with Crippen LogP contribution in [0.25, 0.3) is 10.8 Å². The maximum Gasteiger partial charge on any atom is 0.0348 e. The van der Waals surface area contributed by atoms with Crippen molar-refractivity contribution in [2.45, 2.75) is 45.6 Å². The fourth-order valence-corrected chi connectivity index (χ4v) is 3.63. The van der Waals surface area contributed by atoms with Crippen LogP contribution in [0.1, 0.15) is 39.5 Å². The second kappa shape index (κ2) is 5.87. The van der Waals surface area contributed by atoms with Crippen molar-refractivity contribution in [1.29, 1.82) is 0 Å². The molecule has 0 aromatic heterocycles. The van der Waals surface area contributed by atoms with Gasteiger partial charge < -0.3 is 5.32 Å². The summed E-state index contributed by atoms with van der Waals surface area (Å²) in [6.45, 7) is 4.73. The Labute approximate surface area is 122 Å². The van der Waals surface area contributed by atoms with Gasteiger partial charge in [-0.2, -0.15) is 0 Å². The van der Waals surface area contributed by atoms with Crippen LogP contribution in [-0.2, 0) is 0 Å². The average Bonchev–Trinajstić information content (AvgIpc) is 2.47. The third kappa shape index (κ3) is 2.82. The predicted octanol–water partition coefficient (Wildman–Crippen LogP) is 5.47. The number of benzene rings is 2.